The molecule has 0 radical (unpaired) electrons. The van der Waals surface area contributed by atoms with Gasteiger partial charge in [0.15, 0.2) is 0 Å². The smallest absolute Gasteiger partial charge is 0.224 e. The van der Waals surface area contributed by atoms with E-state index in [-0.39, 0.29) is 18.4 Å². The SMILES string of the molecule is C=NN1C=C(c2cnn(C)c2)C=C(c2ccc(N3CCN(C(=O)C[C@H](N)c4ccccc4)CC3)nc2)/C1=C(/C)C#N. The highest BCUT2D eigenvalue weighted by molar-refractivity contribution is 5.92. The zero-order valence-corrected chi connectivity index (χ0v) is 23.3. The predicted octanol–water partition coefficient (Wildman–Crippen LogP) is 3.71. The monoisotopic (exact) mass is 547 g/mol. The van der Waals surface area contributed by atoms with Gasteiger partial charge in [0.1, 0.15) is 5.82 Å². The van der Waals surface area contributed by atoms with Crippen LogP contribution in [0.3, 0.4) is 0 Å². The highest BCUT2D eigenvalue weighted by Gasteiger charge is 2.26. The van der Waals surface area contributed by atoms with E-state index >= 15 is 0 Å². The van der Waals surface area contributed by atoms with Gasteiger partial charge in [-0.05, 0) is 30.7 Å². The number of nitrogens with zero attached hydrogens (tertiary/aromatic N) is 8. The van der Waals surface area contributed by atoms with Crippen LogP contribution in [0, 0.1) is 11.3 Å². The molecule has 10 nitrogen and oxygen atoms in total. The summed E-state index contributed by atoms with van der Waals surface area (Å²) >= 11 is 0. The van der Waals surface area contributed by atoms with Crippen LogP contribution in [0.1, 0.15) is 36.1 Å². The number of carbonyl (C=O) groups is 1. The Morgan fingerprint density at radius 3 is 2.49 bits per heavy atom. The summed E-state index contributed by atoms with van der Waals surface area (Å²) in [6, 6.07) is 15.6. The molecule has 5 rings (SSSR count). The van der Waals surface area contributed by atoms with E-state index in [4.69, 9.17) is 10.7 Å². The number of hydrogen-bond acceptors (Lipinski definition) is 8. The highest BCUT2D eigenvalue weighted by atomic mass is 16.2. The van der Waals surface area contributed by atoms with Gasteiger partial charge in [-0.15, -0.1) is 0 Å². The largest absolute Gasteiger partial charge is 0.353 e. The van der Waals surface area contributed by atoms with Crippen LogP contribution in [0.15, 0.2) is 89.7 Å². The molecule has 1 fully saturated rings. The van der Waals surface area contributed by atoms with Gasteiger partial charge in [-0.3, -0.25) is 9.48 Å². The number of carbonyl (C=O) groups excluding carboxylic acids is 1. The van der Waals surface area contributed by atoms with Crippen LogP contribution in [-0.4, -0.2) is 63.5 Å². The van der Waals surface area contributed by atoms with Crippen LogP contribution < -0.4 is 10.6 Å². The molecule has 1 aromatic carbocycles. The van der Waals surface area contributed by atoms with Gasteiger partial charge in [-0.25, -0.2) is 9.99 Å². The number of nitriles is 1. The van der Waals surface area contributed by atoms with Gasteiger partial charge in [0.2, 0.25) is 5.91 Å². The first-order valence-electron chi connectivity index (χ1n) is 13.5. The molecule has 4 heterocycles. The lowest BCUT2D eigenvalue weighted by atomic mass is 9.94. The molecular weight excluding hydrogens is 514 g/mol. The van der Waals surface area contributed by atoms with E-state index < -0.39 is 0 Å². The van der Waals surface area contributed by atoms with Crippen molar-refractivity contribution in [1.82, 2.24) is 24.7 Å². The number of hydrogen-bond donors (Lipinski definition) is 1. The van der Waals surface area contributed by atoms with Crippen LogP contribution in [0.5, 0.6) is 0 Å². The van der Waals surface area contributed by atoms with Gasteiger partial charge in [0, 0.05) is 93.3 Å². The number of piperazine rings is 1. The molecule has 1 atom stereocenters. The maximum atomic E-state index is 12.9. The molecule has 0 bridgehead atoms. The number of rotatable bonds is 7. The minimum absolute atomic E-state index is 0.0681. The number of anilines is 1. The van der Waals surface area contributed by atoms with Gasteiger partial charge in [0.25, 0.3) is 0 Å². The normalized spacial score (nSPS) is 17.4. The molecule has 0 spiro atoms. The summed E-state index contributed by atoms with van der Waals surface area (Å²) in [7, 11) is 1.87. The number of hydrazone groups is 1. The topological polar surface area (TPSA) is 120 Å². The standard InChI is InChI=1S/C31H33N9O/c1-22(17-32)31-27(15-25(21-40(31)34-2)26-19-36-37(3)20-26)24-9-10-29(35-18-24)38-11-13-39(14-12-38)30(41)16-28(33)23-7-5-4-6-8-23/h4-10,15,18-21,28H,2,11-14,16,33H2,1,3H3/b31-22+/t28-/m0/s1. The fraction of sp³-hybridized carbons (Fsp3) is 0.258. The minimum Gasteiger partial charge on any atom is -0.353 e. The maximum absolute atomic E-state index is 12.9. The number of benzene rings is 1. The van der Waals surface area contributed by atoms with Gasteiger partial charge in [-0.2, -0.15) is 15.5 Å². The lowest BCUT2D eigenvalue weighted by Gasteiger charge is -2.36. The molecule has 208 valence electrons. The average Bonchev–Trinajstić information content (AvgIpc) is 3.46. The van der Waals surface area contributed by atoms with E-state index in [0.29, 0.717) is 37.4 Å². The third kappa shape index (κ3) is 5.95. The van der Waals surface area contributed by atoms with Gasteiger partial charge >= 0.3 is 0 Å². The van der Waals surface area contributed by atoms with Crippen molar-refractivity contribution in [3.63, 3.8) is 0 Å². The number of pyridine rings is 1. The second-order valence-electron chi connectivity index (χ2n) is 10.1. The molecule has 0 unspecified atom stereocenters. The molecule has 0 saturated carbocycles. The quantitative estimate of drug-likeness (QED) is 0.354. The molecule has 0 aliphatic carbocycles. The Morgan fingerprint density at radius 1 is 1.12 bits per heavy atom. The second-order valence-corrected chi connectivity index (χ2v) is 10.1. The van der Waals surface area contributed by atoms with E-state index in [9.17, 15) is 10.1 Å². The van der Waals surface area contributed by atoms with Crippen molar-refractivity contribution in [3.8, 4) is 6.07 Å². The van der Waals surface area contributed by atoms with Gasteiger partial charge in [-0.1, -0.05) is 30.3 Å². The van der Waals surface area contributed by atoms with Gasteiger partial charge < -0.3 is 15.5 Å². The summed E-state index contributed by atoms with van der Waals surface area (Å²) in [6.07, 6.45) is 9.68. The Bertz CT molecular complexity index is 1550. The van der Waals surface area contributed by atoms with Crippen LogP contribution >= 0.6 is 0 Å². The average molecular weight is 548 g/mol. The van der Waals surface area contributed by atoms with Crippen molar-refractivity contribution in [2.75, 3.05) is 31.1 Å². The first-order valence-corrected chi connectivity index (χ1v) is 13.5. The molecule has 2 aromatic heterocycles. The molecule has 1 saturated heterocycles. The van der Waals surface area contributed by atoms with Crippen molar-refractivity contribution in [2.24, 2.45) is 17.9 Å². The zero-order chi connectivity index (χ0) is 28.9. The van der Waals surface area contributed by atoms with Crippen LogP contribution in [-0.2, 0) is 11.8 Å². The van der Waals surface area contributed by atoms with Crippen molar-refractivity contribution < 1.29 is 4.79 Å². The second kappa shape index (κ2) is 12.0. The molecule has 1 amide bonds. The third-order valence-corrected chi connectivity index (χ3v) is 7.40. The van der Waals surface area contributed by atoms with Gasteiger partial charge in [0.05, 0.1) is 23.5 Å². The summed E-state index contributed by atoms with van der Waals surface area (Å²) < 4.78 is 1.74. The van der Waals surface area contributed by atoms with E-state index in [2.05, 4.69) is 27.9 Å². The van der Waals surface area contributed by atoms with Crippen molar-refractivity contribution in [2.45, 2.75) is 19.4 Å². The van der Waals surface area contributed by atoms with E-state index in [1.807, 2.05) is 79.1 Å². The lowest BCUT2D eigenvalue weighted by Crippen LogP contribution is -2.49. The Hall–Kier alpha value is -5.01. The molecule has 10 heteroatoms. The van der Waals surface area contributed by atoms with E-state index in [0.717, 1.165) is 33.7 Å². The molecule has 2 aliphatic rings. The van der Waals surface area contributed by atoms with Crippen LogP contribution in [0.2, 0.25) is 0 Å². The van der Waals surface area contributed by atoms with E-state index in [1.165, 1.54) is 0 Å². The number of nitrogens with two attached hydrogens (primary N) is 1. The Kier molecular flexibility index (Phi) is 8.08. The third-order valence-electron chi connectivity index (χ3n) is 7.40. The first-order chi connectivity index (χ1) is 19.9. The summed E-state index contributed by atoms with van der Waals surface area (Å²) in [4.78, 5) is 21.7. The summed E-state index contributed by atoms with van der Waals surface area (Å²) in [6.45, 7) is 8.08. The summed E-state index contributed by atoms with van der Waals surface area (Å²) in [5, 5.41) is 19.8. The Balaban J connectivity index is 1.30. The molecular formula is C31H33N9O. The zero-order valence-electron chi connectivity index (χ0n) is 23.3. The minimum atomic E-state index is -0.311. The number of amides is 1. The number of aryl methyl sites for hydroxylation is 1. The maximum Gasteiger partial charge on any atom is 0.224 e. The number of aromatic nitrogens is 3. The van der Waals surface area contributed by atoms with Crippen molar-refractivity contribution in [1.29, 1.82) is 5.26 Å². The Morgan fingerprint density at radius 2 is 1.88 bits per heavy atom. The van der Waals surface area contributed by atoms with E-state index in [1.54, 1.807) is 22.8 Å². The van der Waals surface area contributed by atoms with Crippen LogP contribution in [0.4, 0.5) is 5.82 Å². The first kappa shape index (κ1) is 27.6. The predicted molar refractivity (Wildman–Crippen MR) is 160 cm³/mol. The van der Waals surface area contributed by atoms with Crippen LogP contribution in [0.25, 0.3) is 11.1 Å². The van der Waals surface area contributed by atoms with Crippen molar-refractivity contribution in [3.05, 3.63) is 101 Å². The Labute approximate surface area is 240 Å². The lowest BCUT2D eigenvalue weighted by molar-refractivity contribution is -0.131. The summed E-state index contributed by atoms with van der Waals surface area (Å²) in [5.74, 6) is 0.904. The molecule has 2 N–H and O–H groups in total. The van der Waals surface area contributed by atoms with Crippen molar-refractivity contribution >= 4 is 29.6 Å². The fourth-order valence-electron chi connectivity index (χ4n) is 5.12. The molecule has 3 aromatic rings. The highest BCUT2D eigenvalue weighted by Crippen LogP contribution is 2.37. The molecule has 41 heavy (non-hydrogen) atoms. The molecule has 2 aliphatic heterocycles. The fourth-order valence-corrected chi connectivity index (χ4v) is 5.12. The number of allylic oxidation sites excluding steroid dienone is 4. The summed E-state index contributed by atoms with van der Waals surface area (Å²) in [5.41, 5.74) is 11.9.